The van der Waals surface area contributed by atoms with Crippen LogP contribution in [0.15, 0.2) is 83.8 Å². The van der Waals surface area contributed by atoms with Gasteiger partial charge in [0.15, 0.2) is 11.6 Å². The highest BCUT2D eigenvalue weighted by molar-refractivity contribution is 6.31. The van der Waals surface area contributed by atoms with E-state index in [9.17, 15) is 24.3 Å². The third-order valence-corrected chi connectivity index (χ3v) is 7.00. The molecule has 41 heavy (non-hydrogen) atoms. The molecule has 0 aliphatic rings. The molecule has 0 radical (unpaired) electrons. The predicted molar refractivity (Wildman–Crippen MR) is 156 cm³/mol. The first-order valence-corrected chi connectivity index (χ1v) is 13.1. The molecule has 0 fully saturated rings. The van der Waals surface area contributed by atoms with Gasteiger partial charge >= 0.3 is 5.97 Å². The lowest BCUT2D eigenvalue weighted by atomic mass is 9.95. The molecular formula is C32H28ClNO7. The van der Waals surface area contributed by atoms with E-state index in [0.29, 0.717) is 33.0 Å². The maximum absolute atomic E-state index is 13.8. The zero-order chi connectivity index (χ0) is 29.7. The second-order valence-electron chi connectivity index (χ2n) is 9.46. The summed E-state index contributed by atoms with van der Waals surface area (Å²) in [6, 6.07) is 18.5. The molecule has 0 spiro atoms. The lowest BCUT2D eigenvalue weighted by Crippen LogP contribution is -2.32. The average Bonchev–Trinajstić information content (AvgIpc) is 2.96. The molecule has 0 aliphatic carbocycles. The Kier molecular flexibility index (Phi) is 9.04. The van der Waals surface area contributed by atoms with Gasteiger partial charge in [0.1, 0.15) is 11.5 Å². The monoisotopic (exact) mass is 573 g/mol. The molecule has 9 heteroatoms. The fourth-order valence-corrected chi connectivity index (χ4v) is 4.84. The van der Waals surface area contributed by atoms with Gasteiger partial charge in [-0.3, -0.25) is 14.4 Å². The van der Waals surface area contributed by atoms with Gasteiger partial charge in [0.25, 0.3) is 5.56 Å². The number of carboxylic acid groups (broad SMARTS) is 1. The first kappa shape index (κ1) is 29.3. The van der Waals surface area contributed by atoms with Crippen molar-refractivity contribution in [3.63, 3.8) is 0 Å². The molecule has 0 amide bonds. The van der Waals surface area contributed by atoms with Gasteiger partial charge in [-0.05, 0) is 66.1 Å². The summed E-state index contributed by atoms with van der Waals surface area (Å²) < 4.78 is 12.3. The highest BCUT2D eigenvalue weighted by Crippen LogP contribution is 2.34. The zero-order valence-corrected chi connectivity index (χ0v) is 23.5. The fourth-order valence-electron chi connectivity index (χ4n) is 4.67. The van der Waals surface area contributed by atoms with Crippen LogP contribution in [0.1, 0.15) is 44.8 Å². The molecule has 1 heterocycles. The minimum Gasteiger partial charge on any atom is -0.497 e. The van der Waals surface area contributed by atoms with Gasteiger partial charge in [-0.1, -0.05) is 35.9 Å². The van der Waals surface area contributed by atoms with Crippen LogP contribution < -0.4 is 15.0 Å². The van der Waals surface area contributed by atoms with Crippen molar-refractivity contribution >= 4 is 29.1 Å². The molecule has 210 valence electrons. The van der Waals surface area contributed by atoms with Crippen molar-refractivity contribution in [2.75, 3.05) is 14.2 Å². The Hall–Kier alpha value is -4.69. The second kappa shape index (κ2) is 12.7. The number of ketones is 2. The van der Waals surface area contributed by atoms with Crippen molar-refractivity contribution in [1.82, 2.24) is 4.57 Å². The van der Waals surface area contributed by atoms with Crippen LogP contribution in [0.5, 0.6) is 11.5 Å². The Morgan fingerprint density at radius 3 is 2.27 bits per heavy atom. The summed E-state index contributed by atoms with van der Waals surface area (Å²) in [5.74, 6) is -0.646. The molecule has 1 atom stereocenters. The minimum atomic E-state index is -1.06. The normalized spacial score (nSPS) is 11.5. The fraction of sp³-hybridized carbons (Fsp3) is 0.188. The minimum absolute atomic E-state index is 0.0339. The quantitative estimate of drug-likeness (QED) is 0.230. The van der Waals surface area contributed by atoms with Crippen LogP contribution in [0, 0.1) is 0 Å². The van der Waals surface area contributed by atoms with Crippen LogP contribution in [0.4, 0.5) is 0 Å². The summed E-state index contributed by atoms with van der Waals surface area (Å²) in [5.41, 5.74) is 2.21. The number of aromatic nitrogens is 1. The van der Waals surface area contributed by atoms with Crippen LogP contribution in [-0.2, 0) is 17.6 Å². The van der Waals surface area contributed by atoms with E-state index in [1.54, 1.807) is 55.6 Å². The summed E-state index contributed by atoms with van der Waals surface area (Å²) in [4.78, 5) is 51.0. The average molecular weight is 574 g/mol. The van der Waals surface area contributed by atoms with E-state index >= 15 is 0 Å². The molecule has 0 saturated heterocycles. The number of pyridine rings is 1. The van der Waals surface area contributed by atoms with Crippen LogP contribution in [0.25, 0.3) is 11.1 Å². The second-order valence-corrected chi connectivity index (χ2v) is 9.90. The summed E-state index contributed by atoms with van der Waals surface area (Å²) in [6.07, 6.45) is 1.62. The predicted octanol–water partition coefficient (Wildman–Crippen LogP) is 5.68. The zero-order valence-electron chi connectivity index (χ0n) is 22.7. The first-order chi connectivity index (χ1) is 19.6. The molecule has 3 aromatic carbocycles. The largest absolute Gasteiger partial charge is 0.497 e. The lowest BCUT2D eigenvalue weighted by Gasteiger charge is -2.22. The molecule has 1 unspecified atom stereocenters. The third-order valence-electron chi connectivity index (χ3n) is 6.76. The number of ether oxygens (including phenoxy) is 2. The number of methoxy groups -OCH3 is 2. The van der Waals surface area contributed by atoms with E-state index in [1.165, 1.54) is 43.0 Å². The van der Waals surface area contributed by atoms with E-state index < -0.39 is 17.6 Å². The van der Waals surface area contributed by atoms with Gasteiger partial charge < -0.3 is 19.1 Å². The number of rotatable bonds is 11. The number of hydrogen-bond donors (Lipinski definition) is 1. The Bertz CT molecular complexity index is 1670. The Labute approximate surface area is 241 Å². The Morgan fingerprint density at radius 1 is 0.902 bits per heavy atom. The Morgan fingerprint density at radius 2 is 1.63 bits per heavy atom. The van der Waals surface area contributed by atoms with E-state index in [0.717, 1.165) is 5.56 Å². The molecule has 4 rings (SSSR count). The summed E-state index contributed by atoms with van der Waals surface area (Å²) in [7, 11) is 2.98. The summed E-state index contributed by atoms with van der Waals surface area (Å²) in [6.45, 7) is 1.42. The standard InChI is InChI=1S/C32H28ClNO7/c1-19(35)25-12-11-23(33)16-26(25)27-17-31(37)34(18-30(27)41-3)28(14-21-5-4-6-24(13-21)40-2)29(36)15-20-7-9-22(10-8-20)32(38)39/h4-13,16-18,28H,14-15H2,1-3H3,(H,38,39). The number of carbonyl (C=O) groups excluding carboxylic acids is 2. The molecule has 0 saturated carbocycles. The molecule has 4 aromatic rings. The number of carboxylic acids is 1. The lowest BCUT2D eigenvalue weighted by molar-refractivity contribution is -0.121. The number of carbonyl (C=O) groups is 3. The number of halogens is 1. The molecule has 1 aromatic heterocycles. The van der Waals surface area contributed by atoms with E-state index in [2.05, 4.69) is 0 Å². The highest BCUT2D eigenvalue weighted by Gasteiger charge is 2.25. The summed E-state index contributed by atoms with van der Waals surface area (Å²) in [5, 5.41) is 9.58. The molecule has 0 bridgehead atoms. The van der Waals surface area contributed by atoms with Gasteiger partial charge in [0.05, 0.1) is 32.0 Å². The first-order valence-electron chi connectivity index (χ1n) is 12.7. The maximum Gasteiger partial charge on any atom is 0.335 e. The molecule has 1 N–H and O–H groups in total. The smallest absolute Gasteiger partial charge is 0.335 e. The summed E-state index contributed by atoms with van der Waals surface area (Å²) >= 11 is 6.23. The number of benzene rings is 3. The SMILES string of the molecule is COc1cccc(CC(C(=O)Cc2ccc(C(=O)O)cc2)n2cc(OC)c(-c3cc(Cl)ccc3C(C)=O)cc2=O)c1. The van der Waals surface area contributed by atoms with Gasteiger partial charge in [0.2, 0.25) is 0 Å². The van der Waals surface area contributed by atoms with Gasteiger partial charge in [-0.2, -0.15) is 0 Å². The van der Waals surface area contributed by atoms with Gasteiger partial charge in [-0.25, -0.2) is 4.79 Å². The highest BCUT2D eigenvalue weighted by atomic mass is 35.5. The maximum atomic E-state index is 13.8. The van der Waals surface area contributed by atoms with Crippen molar-refractivity contribution < 1.29 is 29.0 Å². The van der Waals surface area contributed by atoms with Crippen molar-refractivity contribution in [2.24, 2.45) is 0 Å². The van der Waals surface area contributed by atoms with E-state index in [1.807, 2.05) is 6.07 Å². The van der Waals surface area contributed by atoms with Crippen LogP contribution in [0.2, 0.25) is 5.02 Å². The van der Waals surface area contributed by atoms with Crippen LogP contribution in [0.3, 0.4) is 0 Å². The van der Waals surface area contributed by atoms with Crippen LogP contribution >= 0.6 is 11.6 Å². The number of aromatic carboxylic acids is 1. The van der Waals surface area contributed by atoms with Crippen molar-refractivity contribution in [3.8, 4) is 22.6 Å². The molecular weight excluding hydrogens is 546 g/mol. The van der Waals surface area contributed by atoms with E-state index in [-0.39, 0.29) is 35.7 Å². The van der Waals surface area contributed by atoms with Crippen molar-refractivity contribution in [2.45, 2.75) is 25.8 Å². The topological polar surface area (TPSA) is 112 Å². The van der Waals surface area contributed by atoms with Crippen LogP contribution in [-0.4, -0.2) is 41.4 Å². The number of hydrogen-bond acceptors (Lipinski definition) is 6. The van der Waals surface area contributed by atoms with Gasteiger partial charge in [-0.15, -0.1) is 0 Å². The Balaban J connectivity index is 1.81. The van der Waals surface area contributed by atoms with Crippen molar-refractivity contribution in [3.05, 3.63) is 117 Å². The van der Waals surface area contributed by atoms with E-state index in [4.69, 9.17) is 21.1 Å². The number of nitrogens with zero attached hydrogens (tertiary/aromatic N) is 1. The van der Waals surface area contributed by atoms with Crippen molar-refractivity contribution in [1.29, 1.82) is 0 Å². The number of Topliss-reactive ketones (excluding diaryl/α,β-unsaturated/α-hetero) is 2. The molecule has 8 nitrogen and oxygen atoms in total. The molecule has 0 aliphatic heterocycles. The third kappa shape index (κ3) is 6.73. The van der Waals surface area contributed by atoms with Gasteiger partial charge in [0, 0.05) is 35.1 Å².